The molecule has 1 atom stereocenters. The summed E-state index contributed by atoms with van der Waals surface area (Å²) in [6.45, 7) is 1.96. The molecule has 5 heteroatoms. The van der Waals surface area contributed by atoms with E-state index in [0.717, 1.165) is 10.3 Å². The van der Waals surface area contributed by atoms with Crippen molar-refractivity contribution in [2.24, 2.45) is 0 Å². The lowest BCUT2D eigenvalue weighted by molar-refractivity contribution is -0.122. The molecule has 0 spiro atoms. The molecule has 1 aromatic carbocycles. The van der Waals surface area contributed by atoms with Crippen molar-refractivity contribution in [3.8, 4) is 0 Å². The van der Waals surface area contributed by atoms with Crippen LogP contribution in [0.4, 0.5) is 0 Å². The minimum absolute atomic E-state index is 0.0296. The van der Waals surface area contributed by atoms with Crippen LogP contribution in [0.2, 0.25) is 0 Å². The van der Waals surface area contributed by atoms with Gasteiger partial charge in [-0.05, 0) is 30.0 Å². The number of thiophene rings is 1. The van der Waals surface area contributed by atoms with Crippen LogP contribution in [0.5, 0.6) is 0 Å². The number of nitrogens with zero attached hydrogens (tertiary/aromatic N) is 1. The van der Waals surface area contributed by atoms with Gasteiger partial charge < -0.3 is 9.88 Å². The highest BCUT2D eigenvalue weighted by Crippen LogP contribution is 2.16. The Morgan fingerprint density at radius 1 is 1.23 bits per heavy atom. The zero-order valence-corrected chi connectivity index (χ0v) is 13.0. The van der Waals surface area contributed by atoms with Gasteiger partial charge in [0.1, 0.15) is 6.54 Å². The molecule has 0 bridgehead atoms. The van der Waals surface area contributed by atoms with Crippen LogP contribution in [-0.2, 0) is 11.3 Å². The molecular weight excluding hydrogens is 296 g/mol. The smallest absolute Gasteiger partial charge is 0.259 e. The van der Waals surface area contributed by atoms with Gasteiger partial charge in [0, 0.05) is 10.9 Å². The minimum atomic E-state index is -0.173. The lowest BCUT2D eigenvalue weighted by Crippen LogP contribution is -2.33. The van der Waals surface area contributed by atoms with Crippen molar-refractivity contribution < 1.29 is 4.79 Å². The van der Waals surface area contributed by atoms with Gasteiger partial charge in [-0.3, -0.25) is 9.59 Å². The largest absolute Gasteiger partial charge is 0.348 e. The molecule has 0 unspecified atom stereocenters. The molecular formula is C17H16N2O2S. The van der Waals surface area contributed by atoms with Gasteiger partial charge in [-0.15, -0.1) is 11.3 Å². The summed E-state index contributed by atoms with van der Waals surface area (Å²) in [5, 5.41) is 5.46. The number of aromatic nitrogens is 1. The number of carbonyl (C=O) groups excluding carboxylic acids is 1. The predicted molar refractivity (Wildman–Crippen MR) is 89.1 cm³/mol. The number of hydrogen-bond donors (Lipinski definition) is 1. The van der Waals surface area contributed by atoms with Crippen LogP contribution in [0.25, 0.3) is 10.1 Å². The summed E-state index contributed by atoms with van der Waals surface area (Å²) in [7, 11) is 0. The molecule has 3 rings (SSSR count). The van der Waals surface area contributed by atoms with Crippen LogP contribution < -0.4 is 10.9 Å². The highest BCUT2D eigenvalue weighted by molar-refractivity contribution is 7.17. The molecule has 0 fully saturated rings. The van der Waals surface area contributed by atoms with Crippen molar-refractivity contribution in [3.05, 3.63) is 70.0 Å². The molecule has 0 aliphatic rings. The lowest BCUT2D eigenvalue weighted by atomic mass is 10.1. The molecule has 1 N–H and O–H groups in total. The number of amides is 1. The van der Waals surface area contributed by atoms with E-state index >= 15 is 0 Å². The van der Waals surface area contributed by atoms with E-state index in [4.69, 9.17) is 0 Å². The minimum Gasteiger partial charge on any atom is -0.348 e. The van der Waals surface area contributed by atoms with Gasteiger partial charge in [0.2, 0.25) is 5.91 Å². The van der Waals surface area contributed by atoms with Gasteiger partial charge in [0.25, 0.3) is 5.56 Å². The van der Waals surface area contributed by atoms with Crippen molar-refractivity contribution in [1.29, 1.82) is 0 Å². The lowest BCUT2D eigenvalue weighted by Gasteiger charge is -2.15. The van der Waals surface area contributed by atoms with Crippen LogP contribution in [0.3, 0.4) is 0 Å². The third-order valence-corrected chi connectivity index (χ3v) is 4.47. The summed E-state index contributed by atoms with van der Waals surface area (Å²) in [6, 6.07) is 13.3. The van der Waals surface area contributed by atoms with Crippen LogP contribution in [0, 0.1) is 0 Å². The number of carbonyl (C=O) groups is 1. The molecule has 3 aromatic rings. The quantitative estimate of drug-likeness (QED) is 0.805. The number of pyridine rings is 1. The first-order valence-electron chi connectivity index (χ1n) is 7.06. The van der Waals surface area contributed by atoms with Crippen LogP contribution >= 0.6 is 11.3 Å². The average Bonchev–Trinajstić information content (AvgIpc) is 3.00. The van der Waals surface area contributed by atoms with Crippen molar-refractivity contribution in [1.82, 2.24) is 9.88 Å². The van der Waals surface area contributed by atoms with E-state index < -0.39 is 0 Å². The van der Waals surface area contributed by atoms with Crippen LogP contribution in [0.1, 0.15) is 18.5 Å². The van der Waals surface area contributed by atoms with Crippen molar-refractivity contribution in [3.63, 3.8) is 0 Å². The zero-order valence-electron chi connectivity index (χ0n) is 12.2. The Labute approximate surface area is 132 Å². The number of nitrogens with one attached hydrogen (secondary N) is 1. The van der Waals surface area contributed by atoms with Crippen LogP contribution in [0.15, 0.2) is 58.8 Å². The summed E-state index contributed by atoms with van der Waals surface area (Å²) in [4.78, 5) is 24.4. The summed E-state index contributed by atoms with van der Waals surface area (Å²) in [5.74, 6) is -0.173. The Bertz CT molecular complexity index is 852. The van der Waals surface area contributed by atoms with Crippen molar-refractivity contribution in [2.45, 2.75) is 19.5 Å². The number of rotatable bonds is 4. The van der Waals surface area contributed by atoms with E-state index in [9.17, 15) is 9.59 Å². The van der Waals surface area contributed by atoms with E-state index in [0.29, 0.717) is 5.39 Å². The summed E-state index contributed by atoms with van der Waals surface area (Å²) < 4.78 is 2.39. The van der Waals surface area contributed by atoms with Gasteiger partial charge in [-0.2, -0.15) is 0 Å². The van der Waals surface area contributed by atoms with Gasteiger partial charge >= 0.3 is 0 Å². The first-order valence-corrected chi connectivity index (χ1v) is 7.94. The third kappa shape index (κ3) is 2.94. The van der Waals surface area contributed by atoms with E-state index in [1.54, 1.807) is 12.3 Å². The molecule has 0 saturated heterocycles. The van der Waals surface area contributed by atoms with E-state index in [1.807, 2.05) is 48.7 Å². The Hall–Kier alpha value is -2.40. The number of hydrogen-bond acceptors (Lipinski definition) is 3. The molecule has 4 nitrogen and oxygen atoms in total. The second kappa shape index (κ2) is 6.15. The topological polar surface area (TPSA) is 51.1 Å². The summed E-state index contributed by atoms with van der Waals surface area (Å²) >= 11 is 1.52. The maximum absolute atomic E-state index is 12.3. The van der Waals surface area contributed by atoms with Gasteiger partial charge in [0.05, 0.1) is 11.4 Å². The fraction of sp³-hybridized carbons (Fsp3) is 0.176. The molecule has 22 heavy (non-hydrogen) atoms. The first kappa shape index (κ1) is 14.5. The van der Waals surface area contributed by atoms with E-state index in [-0.39, 0.29) is 24.1 Å². The predicted octanol–water partition coefficient (Wildman–Crippen LogP) is 2.94. The van der Waals surface area contributed by atoms with Gasteiger partial charge in [0.15, 0.2) is 0 Å². The second-order valence-corrected chi connectivity index (χ2v) is 6.09. The van der Waals surface area contributed by atoms with E-state index in [1.165, 1.54) is 15.9 Å². The van der Waals surface area contributed by atoms with Crippen LogP contribution in [-0.4, -0.2) is 10.5 Å². The molecule has 112 valence electrons. The zero-order chi connectivity index (χ0) is 15.5. The fourth-order valence-electron chi connectivity index (χ4n) is 2.40. The summed E-state index contributed by atoms with van der Waals surface area (Å²) in [6.07, 6.45) is 1.67. The maximum atomic E-state index is 12.3. The van der Waals surface area contributed by atoms with Crippen molar-refractivity contribution >= 4 is 27.3 Å². The Morgan fingerprint density at radius 2 is 2.00 bits per heavy atom. The first-order chi connectivity index (χ1) is 10.6. The third-order valence-electron chi connectivity index (χ3n) is 3.58. The highest BCUT2D eigenvalue weighted by atomic mass is 32.1. The molecule has 1 amide bonds. The number of benzene rings is 1. The van der Waals surface area contributed by atoms with E-state index in [2.05, 4.69) is 5.32 Å². The standard InChI is InChI=1S/C17H16N2O2S/c1-12(13-5-3-2-4-6-13)18-16(20)11-19-9-7-15-14(17(19)21)8-10-22-15/h2-10,12H,11H2,1H3,(H,18,20)/t12-/m1/s1. The highest BCUT2D eigenvalue weighted by Gasteiger charge is 2.11. The number of fused-ring (bicyclic) bond motifs is 1. The average molecular weight is 312 g/mol. The van der Waals surface area contributed by atoms with Crippen molar-refractivity contribution in [2.75, 3.05) is 0 Å². The van der Waals surface area contributed by atoms with Gasteiger partial charge in [-0.25, -0.2) is 0 Å². The SMILES string of the molecule is C[C@@H](NC(=O)Cn1ccc2sccc2c1=O)c1ccccc1. The monoisotopic (exact) mass is 312 g/mol. The molecule has 2 heterocycles. The molecule has 0 aliphatic heterocycles. The molecule has 2 aromatic heterocycles. The molecule has 0 radical (unpaired) electrons. The summed E-state index contributed by atoms with van der Waals surface area (Å²) in [5.41, 5.74) is 0.915. The second-order valence-electron chi connectivity index (χ2n) is 5.15. The Balaban J connectivity index is 1.73. The molecule has 0 aliphatic carbocycles. The fourth-order valence-corrected chi connectivity index (χ4v) is 3.17. The normalized spacial score (nSPS) is 12.2. The Kier molecular flexibility index (Phi) is 4.06. The van der Waals surface area contributed by atoms with Gasteiger partial charge in [-0.1, -0.05) is 30.3 Å². The maximum Gasteiger partial charge on any atom is 0.259 e. The molecule has 0 saturated carbocycles. The Morgan fingerprint density at radius 3 is 2.77 bits per heavy atom.